The Labute approximate surface area is 87.7 Å². The highest BCUT2D eigenvalue weighted by molar-refractivity contribution is 5.94. The standard InChI is InChI=1S/C11H13N3O/c1-2-4-14-5-3-8-6-9(11(12)15)13-7-10(8)14/h3,5-7H,2,4H2,1H3,(H2,12,15). The third-order valence-electron chi connectivity index (χ3n) is 2.37. The lowest BCUT2D eigenvalue weighted by atomic mass is 10.2. The summed E-state index contributed by atoms with van der Waals surface area (Å²) in [6.07, 6.45) is 4.77. The van der Waals surface area contributed by atoms with Crippen molar-refractivity contribution in [2.45, 2.75) is 19.9 Å². The smallest absolute Gasteiger partial charge is 0.267 e. The van der Waals surface area contributed by atoms with Crippen LogP contribution in [0.25, 0.3) is 10.9 Å². The molecule has 0 aliphatic rings. The minimum absolute atomic E-state index is 0.316. The maximum Gasteiger partial charge on any atom is 0.267 e. The van der Waals surface area contributed by atoms with Crippen LogP contribution < -0.4 is 5.73 Å². The van der Waals surface area contributed by atoms with E-state index in [0.717, 1.165) is 23.9 Å². The molecule has 0 atom stereocenters. The Morgan fingerprint density at radius 2 is 2.40 bits per heavy atom. The first-order chi connectivity index (χ1) is 7.22. The summed E-state index contributed by atoms with van der Waals surface area (Å²) in [5.41, 5.74) is 6.52. The van der Waals surface area contributed by atoms with Crippen LogP contribution in [-0.4, -0.2) is 15.5 Å². The topological polar surface area (TPSA) is 60.9 Å². The van der Waals surface area contributed by atoms with E-state index >= 15 is 0 Å². The van der Waals surface area contributed by atoms with E-state index in [0.29, 0.717) is 5.69 Å². The molecule has 0 radical (unpaired) electrons. The Bertz CT molecular complexity index is 502. The number of hydrogen-bond donors (Lipinski definition) is 1. The van der Waals surface area contributed by atoms with E-state index in [2.05, 4.69) is 16.5 Å². The van der Waals surface area contributed by atoms with E-state index in [1.807, 2.05) is 12.3 Å². The molecule has 2 heterocycles. The average Bonchev–Trinajstić information content (AvgIpc) is 2.61. The first-order valence-electron chi connectivity index (χ1n) is 4.97. The zero-order valence-electron chi connectivity index (χ0n) is 8.60. The summed E-state index contributed by atoms with van der Waals surface area (Å²) >= 11 is 0. The van der Waals surface area contributed by atoms with Crippen LogP contribution in [0.3, 0.4) is 0 Å². The number of pyridine rings is 1. The van der Waals surface area contributed by atoms with Crippen LogP contribution in [-0.2, 0) is 6.54 Å². The fraction of sp³-hybridized carbons (Fsp3) is 0.273. The largest absolute Gasteiger partial charge is 0.364 e. The van der Waals surface area contributed by atoms with Gasteiger partial charge in [0.05, 0.1) is 11.7 Å². The van der Waals surface area contributed by atoms with Crippen LogP contribution >= 0.6 is 0 Å². The zero-order valence-corrected chi connectivity index (χ0v) is 8.60. The summed E-state index contributed by atoms with van der Waals surface area (Å²) in [7, 11) is 0. The lowest BCUT2D eigenvalue weighted by Crippen LogP contribution is -2.12. The fourth-order valence-corrected chi connectivity index (χ4v) is 1.66. The van der Waals surface area contributed by atoms with Crippen LogP contribution in [0.2, 0.25) is 0 Å². The number of carbonyl (C=O) groups excluding carboxylic acids is 1. The van der Waals surface area contributed by atoms with Crippen molar-refractivity contribution >= 4 is 16.8 Å². The molecule has 1 amide bonds. The zero-order chi connectivity index (χ0) is 10.8. The van der Waals surface area contributed by atoms with Gasteiger partial charge < -0.3 is 10.3 Å². The Kier molecular flexibility index (Phi) is 2.41. The first kappa shape index (κ1) is 9.71. The molecule has 0 aromatic carbocycles. The highest BCUT2D eigenvalue weighted by Gasteiger charge is 2.05. The monoisotopic (exact) mass is 203 g/mol. The predicted molar refractivity (Wildman–Crippen MR) is 58.5 cm³/mol. The van der Waals surface area contributed by atoms with Gasteiger partial charge in [0.2, 0.25) is 0 Å². The highest BCUT2D eigenvalue weighted by Crippen LogP contribution is 2.15. The predicted octanol–water partition coefficient (Wildman–Crippen LogP) is 1.55. The molecule has 78 valence electrons. The molecular formula is C11H13N3O. The SMILES string of the molecule is CCCn1ccc2cc(C(N)=O)ncc21. The number of rotatable bonds is 3. The molecule has 0 unspecified atom stereocenters. The third-order valence-corrected chi connectivity index (χ3v) is 2.37. The second-order valence-electron chi connectivity index (χ2n) is 3.50. The third kappa shape index (κ3) is 1.70. The molecule has 0 bridgehead atoms. The lowest BCUT2D eigenvalue weighted by Gasteiger charge is -2.02. The Morgan fingerprint density at radius 3 is 3.07 bits per heavy atom. The van der Waals surface area contributed by atoms with Crippen molar-refractivity contribution in [2.24, 2.45) is 5.73 Å². The summed E-state index contributed by atoms with van der Waals surface area (Å²) in [5, 5.41) is 1.01. The van der Waals surface area contributed by atoms with Gasteiger partial charge in [-0.2, -0.15) is 0 Å². The summed E-state index contributed by atoms with van der Waals surface area (Å²) < 4.78 is 2.12. The quantitative estimate of drug-likeness (QED) is 0.822. The molecule has 0 fully saturated rings. The highest BCUT2D eigenvalue weighted by atomic mass is 16.1. The van der Waals surface area contributed by atoms with Crippen LogP contribution in [0.5, 0.6) is 0 Å². The molecule has 2 aromatic rings. The molecule has 4 heteroatoms. The number of hydrogen-bond acceptors (Lipinski definition) is 2. The molecule has 0 aliphatic heterocycles. The molecule has 0 saturated heterocycles. The second-order valence-corrected chi connectivity index (χ2v) is 3.50. The number of nitrogens with zero attached hydrogens (tertiary/aromatic N) is 2. The van der Waals surface area contributed by atoms with E-state index in [-0.39, 0.29) is 0 Å². The van der Waals surface area contributed by atoms with Gasteiger partial charge in [-0.25, -0.2) is 4.98 Å². The molecule has 4 nitrogen and oxygen atoms in total. The number of nitrogens with two attached hydrogens (primary N) is 1. The van der Waals surface area contributed by atoms with Gasteiger partial charge in [0.15, 0.2) is 0 Å². The molecule has 0 aliphatic carbocycles. The van der Waals surface area contributed by atoms with Crippen LogP contribution in [0.1, 0.15) is 23.8 Å². The molecule has 0 spiro atoms. The van der Waals surface area contributed by atoms with Crippen molar-refractivity contribution in [3.05, 3.63) is 30.2 Å². The van der Waals surface area contributed by atoms with Gasteiger partial charge in [-0.15, -0.1) is 0 Å². The fourth-order valence-electron chi connectivity index (χ4n) is 1.66. The molecule has 0 saturated carbocycles. The van der Waals surface area contributed by atoms with E-state index in [4.69, 9.17) is 5.73 Å². The number of amides is 1. The number of aromatic nitrogens is 2. The van der Waals surface area contributed by atoms with Crippen molar-refractivity contribution in [3.8, 4) is 0 Å². The van der Waals surface area contributed by atoms with Gasteiger partial charge in [-0.05, 0) is 18.6 Å². The van der Waals surface area contributed by atoms with Crippen molar-refractivity contribution in [1.29, 1.82) is 0 Å². The number of carbonyl (C=O) groups is 1. The van der Waals surface area contributed by atoms with Gasteiger partial charge in [0.25, 0.3) is 5.91 Å². The van der Waals surface area contributed by atoms with Crippen molar-refractivity contribution in [3.63, 3.8) is 0 Å². The van der Waals surface area contributed by atoms with Crippen molar-refractivity contribution in [1.82, 2.24) is 9.55 Å². The van der Waals surface area contributed by atoms with E-state index in [1.54, 1.807) is 12.3 Å². The summed E-state index contributed by atoms with van der Waals surface area (Å²) in [6.45, 7) is 3.08. The lowest BCUT2D eigenvalue weighted by molar-refractivity contribution is 0.0996. The normalized spacial score (nSPS) is 10.7. The number of fused-ring (bicyclic) bond motifs is 1. The van der Waals surface area contributed by atoms with E-state index in [1.165, 1.54) is 0 Å². The van der Waals surface area contributed by atoms with Gasteiger partial charge in [-0.1, -0.05) is 6.92 Å². The van der Waals surface area contributed by atoms with Gasteiger partial charge in [0, 0.05) is 18.1 Å². The van der Waals surface area contributed by atoms with E-state index in [9.17, 15) is 4.79 Å². The van der Waals surface area contributed by atoms with Gasteiger partial charge in [0.1, 0.15) is 5.69 Å². The van der Waals surface area contributed by atoms with Crippen LogP contribution in [0.15, 0.2) is 24.5 Å². The Morgan fingerprint density at radius 1 is 1.60 bits per heavy atom. The molecular weight excluding hydrogens is 190 g/mol. The Hall–Kier alpha value is -1.84. The minimum atomic E-state index is -0.486. The maximum absolute atomic E-state index is 10.9. The summed E-state index contributed by atoms with van der Waals surface area (Å²) in [4.78, 5) is 15.0. The van der Waals surface area contributed by atoms with Crippen LogP contribution in [0, 0.1) is 0 Å². The molecule has 2 aromatic heterocycles. The van der Waals surface area contributed by atoms with Gasteiger partial charge >= 0.3 is 0 Å². The number of aryl methyl sites for hydroxylation is 1. The molecule has 15 heavy (non-hydrogen) atoms. The van der Waals surface area contributed by atoms with Crippen molar-refractivity contribution < 1.29 is 4.79 Å². The van der Waals surface area contributed by atoms with Crippen LogP contribution in [0.4, 0.5) is 0 Å². The number of primary amides is 1. The first-order valence-corrected chi connectivity index (χ1v) is 4.97. The average molecular weight is 203 g/mol. The van der Waals surface area contributed by atoms with Gasteiger partial charge in [-0.3, -0.25) is 4.79 Å². The van der Waals surface area contributed by atoms with Crippen molar-refractivity contribution in [2.75, 3.05) is 0 Å². The summed E-state index contributed by atoms with van der Waals surface area (Å²) in [5.74, 6) is -0.486. The maximum atomic E-state index is 10.9. The Balaban J connectivity index is 2.51. The van der Waals surface area contributed by atoms with E-state index < -0.39 is 5.91 Å². The molecule has 2 N–H and O–H groups in total. The minimum Gasteiger partial charge on any atom is -0.364 e. The molecule has 2 rings (SSSR count). The summed E-state index contributed by atoms with van der Waals surface area (Å²) in [6, 6.07) is 3.70. The second kappa shape index (κ2) is 3.73.